The highest BCUT2D eigenvalue weighted by Crippen LogP contribution is 2.08. The average Bonchev–Trinajstić information content (AvgIpc) is 2.98. The van der Waals surface area contributed by atoms with E-state index in [0.717, 1.165) is 6.42 Å². The molecule has 0 saturated carbocycles. The Morgan fingerprint density at radius 2 is 1.72 bits per heavy atom. The summed E-state index contributed by atoms with van der Waals surface area (Å²) in [6.07, 6.45) is 2.35. The lowest BCUT2D eigenvalue weighted by atomic mass is 10.0. The van der Waals surface area contributed by atoms with Gasteiger partial charge in [-0.05, 0) is 25.8 Å². The van der Waals surface area contributed by atoms with E-state index in [2.05, 4.69) is 5.32 Å². The van der Waals surface area contributed by atoms with E-state index in [1.165, 1.54) is 0 Å². The molecule has 0 aromatic rings. The van der Waals surface area contributed by atoms with E-state index in [4.69, 9.17) is 32.5 Å². The quantitative estimate of drug-likeness (QED) is 0.196. The highest BCUT2D eigenvalue weighted by Gasteiger charge is 2.27. The number of nitrogens with two attached hydrogens (primary N) is 3. The molecule has 10 nitrogen and oxygen atoms in total. The zero-order valence-electron chi connectivity index (χ0n) is 14.4. The zero-order chi connectivity index (χ0) is 19.4. The number of carboxylic acids is 2. The van der Waals surface area contributed by atoms with Crippen molar-refractivity contribution in [3.63, 3.8) is 0 Å². The molecule has 3 unspecified atom stereocenters. The molecule has 5 atom stereocenters. The van der Waals surface area contributed by atoms with Gasteiger partial charge in [0, 0.05) is 19.0 Å². The molecule has 0 radical (unpaired) electrons. The van der Waals surface area contributed by atoms with Crippen LogP contribution in [-0.4, -0.2) is 75.8 Å². The first-order valence-electron chi connectivity index (χ1n) is 8.45. The molecular formula is C15H32N4O6. The number of aliphatic hydroxyl groups excluding tert-OH is 2. The first-order valence-corrected chi connectivity index (χ1v) is 8.45. The van der Waals surface area contributed by atoms with Gasteiger partial charge in [-0.1, -0.05) is 12.8 Å². The third-order valence-corrected chi connectivity index (χ3v) is 3.98. The minimum absolute atomic E-state index is 0.287. The van der Waals surface area contributed by atoms with Crippen molar-refractivity contribution < 1.29 is 30.0 Å². The van der Waals surface area contributed by atoms with Gasteiger partial charge < -0.3 is 42.9 Å². The molecule has 148 valence electrons. The maximum atomic E-state index is 10.4. The van der Waals surface area contributed by atoms with Crippen LogP contribution in [0.25, 0.3) is 0 Å². The second-order valence-electron chi connectivity index (χ2n) is 6.23. The number of carbonyl (C=O) groups is 2. The van der Waals surface area contributed by atoms with Gasteiger partial charge >= 0.3 is 11.9 Å². The first kappa shape index (κ1) is 23.7. The zero-order valence-corrected chi connectivity index (χ0v) is 14.4. The summed E-state index contributed by atoms with van der Waals surface area (Å²) < 4.78 is 0. The third-order valence-electron chi connectivity index (χ3n) is 3.98. The monoisotopic (exact) mass is 364 g/mol. The van der Waals surface area contributed by atoms with Gasteiger partial charge in [0.25, 0.3) is 0 Å². The Hall–Kier alpha value is -1.30. The van der Waals surface area contributed by atoms with E-state index in [1.54, 1.807) is 0 Å². The number of carboxylic acid groups (broad SMARTS) is 2. The maximum Gasteiger partial charge on any atom is 0.320 e. The number of hydrogen-bond acceptors (Lipinski definition) is 8. The number of nitrogens with one attached hydrogen (secondary N) is 1. The molecule has 0 amide bonds. The number of aliphatic carboxylic acids is 2. The molecule has 0 bridgehead atoms. The highest BCUT2D eigenvalue weighted by atomic mass is 16.4. The Bertz CT molecular complexity index is 398. The van der Waals surface area contributed by atoms with Crippen molar-refractivity contribution in [2.24, 2.45) is 17.2 Å². The normalized spacial score (nSPS) is 23.2. The van der Waals surface area contributed by atoms with Crippen molar-refractivity contribution in [3.8, 4) is 0 Å². The molecule has 1 saturated heterocycles. The van der Waals surface area contributed by atoms with Crippen LogP contribution in [0.5, 0.6) is 0 Å². The molecule has 0 aromatic heterocycles. The average molecular weight is 364 g/mol. The molecule has 1 aliphatic heterocycles. The summed E-state index contributed by atoms with van der Waals surface area (Å²) in [5.74, 6) is -1.86. The maximum absolute atomic E-state index is 10.4. The second kappa shape index (κ2) is 13.0. The van der Waals surface area contributed by atoms with Gasteiger partial charge in [0.05, 0.1) is 12.2 Å². The van der Waals surface area contributed by atoms with Gasteiger partial charge in [-0.2, -0.15) is 0 Å². The van der Waals surface area contributed by atoms with Gasteiger partial charge in [-0.15, -0.1) is 0 Å². The first-order chi connectivity index (χ1) is 11.7. The van der Waals surface area contributed by atoms with Crippen LogP contribution in [0.1, 0.15) is 38.5 Å². The van der Waals surface area contributed by atoms with Crippen molar-refractivity contribution in [2.75, 3.05) is 13.1 Å². The lowest BCUT2D eigenvalue weighted by Gasteiger charge is -2.18. The van der Waals surface area contributed by atoms with Crippen molar-refractivity contribution in [3.05, 3.63) is 0 Å². The van der Waals surface area contributed by atoms with Crippen LogP contribution in [0.4, 0.5) is 0 Å². The smallest absolute Gasteiger partial charge is 0.320 e. The van der Waals surface area contributed by atoms with Crippen molar-refractivity contribution in [1.82, 2.24) is 5.32 Å². The van der Waals surface area contributed by atoms with E-state index >= 15 is 0 Å². The Morgan fingerprint density at radius 3 is 2.12 bits per heavy atom. The summed E-state index contributed by atoms with van der Waals surface area (Å²) in [6.45, 7) is 0.815. The fourth-order valence-electron chi connectivity index (χ4n) is 2.35. The lowest BCUT2D eigenvalue weighted by molar-refractivity contribution is -0.139. The molecule has 10 heteroatoms. The predicted octanol–water partition coefficient (Wildman–Crippen LogP) is -2.21. The van der Waals surface area contributed by atoms with E-state index < -0.39 is 36.2 Å². The van der Waals surface area contributed by atoms with Crippen LogP contribution in [0.3, 0.4) is 0 Å². The molecule has 11 N–H and O–H groups in total. The molecule has 1 heterocycles. The van der Waals surface area contributed by atoms with Gasteiger partial charge in [0.1, 0.15) is 12.1 Å². The second-order valence-corrected chi connectivity index (χ2v) is 6.23. The molecule has 0 spiro atoms. The Balaban J connectivity index is 0.000000535. The van der Waals surface area contributed by atoms with Gasteiger partial charge in [-0.25, -0.2) is 0 Å². The summed E-state index contributed by atoms with van der Waals surface area (Å²) in [7, 11) is 0. The molecule has 1 aliphatic rings. The molecule has 1 rings (SSSR count). The van der Waals surface area contributed by atoms with Gasteiger partial charge in [0.15, 0.2) is 0 Å². The van der Waals surface area contributed by atoms with E-state index in [-0.39, 0.29) is 6.04 Å². The largest absolute Gasteiger partial charge is 0.480 e. The molecule has 25 heavy (non-hydrogen) atoms. The Labute approximate surface area is 147 Å². The lowest BCUT2D eigenvalue weighted by Crippen LogP contribution is -2.36. The summed E-state index contributed by atoms with van der Waals surface area (Å²) >= 11 is 0. The van der Waals surface area contributed by atoms with Crippen LogP contribution in [0.2, 0.25) is 0 Å². The summed E-state index contributed by atoms with van der Waals surface area (Å²) in [4.78, 5) is 20.6. The minimum Gasteiger partial charge on any atom is -0.480 e. The van der Waals surface area contributed by atoms with Gasteiger partial charge in [-0.3, -0.25) is 9.59 Å². The van der Waals surface area contributed by atoms with Crippen LogP contribution in [0, 0.1) is 0 Å². The van der Waals surface area contributed by atoms with E-state index in [1.807, 2.05) is 0 Å². The third kappa shape index (κ3) is 11.0. The van der Waals surface area contributed by atoms with Crippen LogP contribution >= 0.6 is 0 Å². The summed E-state index contributed by atoms with van der Waals surface area (Å²) in [5.41, 5.74) is 16.4. The fourth-order valence-corrected chi connectivity index (χ4v) is 2.35. The number of hydrogen-bond donors (Lipinski definition) is 8. The predicted molar refractivity (Wildman–Crippen MR) is 91.8 cm³/mol. The van der Waals surface area contributed by atoms with Gasteiger partial charge in [0.2, 0.25) is 0 Å². The van der Waals surface area contributed by atoms with E-state index in [0.29, 0.717) is 45.2 Å². The van der Waals surface area contributed by atoms with E-state index in [9.17, 15) is 14.7 Å². The highest BCUT2D eigenvalue weighted by molar-refractivity contribution is 5.74. The topological polar surface area (TPSA) is 205 Å². The number of unbranched alkanes of at least 4 members (excludes halogenated alkanes) is 1. The SMILES string of the molecule is NCCC(O)C(N)CCCCC(N)C(=O)O.O=C(O)[C@@H]1C[C@@H](O)CN1. The molecule has 0 aliphatic carbocycles. The molecular weight excluding hydrogens is 332 g/mol. The fraction of sp³-hybridized carbons (Fsp3) is 0.867. The van der Waals surface area contributed by atoms with Crippen molar-refractivity contribution in [2.45, 2.75) is 68.9 Å². The molecule has 0 aromatic carbocycles. The van der Waals surface area contributed by atoms with Crippen LogP contribution in [-0.2, 0) is 9.59 Å². The number of β-amino-alcohol motifs (C(OH)–C–C–N with tert-alkyl or cyclic N) is 1. The Kier molecular flexibility index (Phi) is 12.3. The van der Waals surface area contributed by atoms with Crippen molar-refractivity contribution in [1.29, 1.82) is 0 Å². The van der Waals surface area contributed by atoms with Crippen LogP contribution < -0.4 is 22.5 Å². The molecule has 1 fully saturated rings. The number of aliphatic hydroxyl groups is 2. The van der Waals surface area contributed by atoms with Crippen molar-refractivity contribution >= 4 is 11.9 Å². The minimum atomic E-state index is -0.979. The number of rotatable bonds is 10. The summed E-state index contributed by atoms with van der Waals surface area (Å²) in [6, 6.07) is -1.63. The summed E-state index contributed by atoms with van der Waals surface area (Å²) in [5, 5.41) is 37.9. The Morgan fingerprint density at radius 1 is 1.12 bits per heavy atom. The van der Waals surface area contributed by atoms with Crippen LogP contribution in [0.15, 0.2) is 0 Å². The standard InChI is InChI=1S/C10H23N3O3.C5H9NO3/c11-6-5-9(14)7(12)3-1-2-4-8(13)10(15)16;7-3-1-4(5(8)9)6-2-3/h7-9,14H,1-6,11-13H2,(H,15,16);3-4,6-7H,1-2H2,(H,8,9)/t;3-,4+/m.1/s1.